The molecule has 0 aromatic heterocycles. The van der Waals surface area contributed by atoms with E-state index in [0.717, 1.165) is 0 Å². The summed E-state index contributed by atoms with van der Waals surface area (Å²) in [6.45, 7) is 1.34. The summed E-state index contributed by atoms with van der Waals surface area (Å²) in [6.07, 6.45) is 0. The Morgan fingerprint density at radius 1 is 1.19 bits per heavy atom. The molecule has 0 bridgehead atoms. The van der Waals surface area contributed by atoms with Crippen molar-refractivity contribution in [2.75, 3.05) is 14.2 Å². The van der Waals surface area contributed by atoms with Gasteiger partial charge < -0.3 is 14.6 Å². The van der Waals surface area contributed by atoms with Crippen LogP contribution in [0.25, 0.3) is 0 Å². The molecule has 0 saturated carbocycles. The predicted octanol–water partition coefficient (Wildman–Crippen LogP) is 1.60. The van der Waals surface area contributed by atoms with Crippen molar-refractivity contribution in [3.05, 3.63) is 23.3 Å². The molecule has 0 fully saturated rings. The molecule has 1 rings (SSSR count). The third kappa shape index (κ3) is 2.13. The van der Waals surface area contributed by atoms with E-state index in [4.69, 9.17) is 14.6 Å². The highest BCUT2D eigenvalue weighted by atomic mass is 16.5. The SMILES string of the molecule is COc1cc(C(=O)O)cc(C(C)=O)c1OC. The quantitative estimate of drug-likeness (QED) is 0.786. The zero-order valence-electron chi connectivity index (χ0n) is 9.23. The summed E-state index contributed by atoms with van der Waals surface area (Å²) in [6, 6.07) is 2.58. The van der Waals surface area contributed by atoms with Crippen molar-refractivity contribution in [1.82, 2.24) is 0 Å². The molecule has 16 heavy (non-hydrogen) atoms. The van der Waals surface area contributed by atoms with Crippen molar-refractivity contribution >= 4 is 11.8 Å². The van der Waals surface area contributed by atoms with Crippen LogP contribution in [0.4, 0.5) is 0 Å². The number of hydrogen-bond donors (Lipinski definition) is 1. The summed E-state index contributed by atoms with van der Waals surface area (Å²) < 4.78 is 10.0. The minimum Gasteiger partial charge on any atom is -0.493 e. The fourth-order valence-electron chi connectivity index (χ4n) is 1.35. The third-order valence-electron chi connectivity index (χ3n) is 2.11. The Morgan fingerprint density at radius 3 is 2.19 bits per heavy atom. The van der Waals surface area contributed by atoms with Gasteiger partial charge in [-0.2, -0.15) is 0 Å². The minimum absolute atomic E-state index is 0.0112. The van der Waals surface area contributed by atoms with Gasteiger partial charge >= 0.3 is 5.97 Å². The van der Waals surface area contributed by atoms with E-state index in [-0.39, 0.29) is 28.4 Å². The van der Waals surface area contributed by atoms with Crippen LogP contribution >= 0.6 is 0 Å². The van der Waals surface area contributed by atoms with Crippen molar-refractivity contribution in [3.63, 3.8) is 0 Å². The maximum Gasteiger partial charge on any atom is 0.335 e. The molecule has 0 heterocycles. The average molecular weight is 224 g/mol. The molecule has 1 aromatic rings. The molecule has 0 unspecified atom stereocenters. The number of carbonyl (C=O) groups excluding carboxylic acids is 1. The Labute approximate surface area is 92.6 Å². The zero-order chi connectivity index (χ0) is 12.3. The highest BCUT2D eigenvalue weighted by Crippen LogP contribution is 2.32. The fourth-order valence-corrected chi connectivity index (χ4v) is 1.35. The maximum absolute atomic E-state index is 11.3. The number of carboxylic acid groups (broad SMARTS) is 1. The van der Waals surface area contributed by atoms with Crippen LogP contribution in [0, 0.1) is 0 Å². The predicted molar refractivity (Wildman–Crippen MR) is 56.5 cm³/mol. The molecule has 1 aromatic carbocycles. The Morgan fingerprint density at radius 2 is 1.81 bits per heavy atom. The molecule has 0 atom stereocenters. The topological polar surface area (TPSA) is 72.8 Å². The highest BCUT2D eigenvalue weighted by molar-refractivity contribution is 6.00. The first-order chi connectivity index (χ1) is 7.51. The third-order valence-corrected chi connectivity index (χ3v) is 2.11. The molecular formula is C11H12O5. The summed E-state index contributed by atoms with van der Waals surface area (Å²) in [5.41, 5.74) is 0.183. The molecule has 1 N–H and O–H groups in total. The fraction of sp³-hybridized carbons (Fsp3) is 0.273. The number of carboxylic acids is 1. The molecule has 86 valence electrons. The lowest BCUT2D eigenvalue weighted by Crippen LogP contribution is -2.05. The number of rotatable bonds is 4. The first kappa shape index (κ1) is 12.0. The lowest BCUT2D eigenvalue weighted by atomic mass is 10.1. The van der Waals surface area contributed by atoms with Crippen molar-refractivity contribution < 1.29 is 24.2 Å². The molecular weight excluding hydrogens is 212 g/mol. The Hall–Kier alpha value is -2.04. The van der Waals surface area contributed by atoms with Crippen LogP contribution in [0.1, 0.15) is 27.6 Å². The summed E-state index contributed by atoms with van der Waals surface area (Å²) in [7, 11) is 2.78. The zero-order valence-corrected chi connectivity index (χ0v) is 9.23. The van der Waals surface area contributed by atoms with Gasteiger partial charge in [-0.25, -0.2) is 4.79 Å². The highest BCUT2D eigenvalue weighted by Gasteiger charge is 2.18. The molecule has 5 nitrogen and oxygen atoms in total. The van der Waals surface area contributed by atoms with Crippen LogP contribution in [0.2, 0.25) is 0 Å². The number of hydrogen-bond acceptors (Lipinski definition) is 4. The molecule has 0 saturated heterocycles. The Kier molecular flexibility index (Phi) is 3.50. The standard InChI is InChI=1S/C11H12O5/c1-6(12)8-4-7(11(13)14)5-9(15-2)10(8)16-3/h4-5H,1-3H3,(H,13,14). The number of ketones is 1. The number of Topliss-reactive ketones (excluding diaryl/α,β-unsaturated/α-hetero) is 1. The van der Waals surface area contributed by atoms with Crippen molar-refractivity contribution in [3.8, 4) is 11.5 Å². The van der Waals surface area contributed by atoms with E-state index < -0.39 is 5.97 Å². The molecule has 0 aliphatic carbocycles. The maximum atomic E-state index is 11.3. The van der Waals surface area contributed by atoms with Crippen molar-refractivity contribution in [2.24, 2.45) is 0 Å². The van der Waals surface area contributed by atoms with Crippen LogP contribution in [-0.4, -0.2) is 31.1 Å². The second-order valence-electron chi connectivity index (χ2n) is 3.12. The molecule has 0 spiro atoms. The van der Waals surface area contributed by atoms with Gasteiger partial charge in [0.1, 0.15) is 0 Å². The van der Waals surface area contributed by atoms with Gasteiger partial charge in [-0.1, -0.05) is 0 Å². The molecule has 0 aliphatic heterocycles. The van der Waals surface area contributed by atoms with E-state index in [0.29, 0.717) is 0 Å². The molecule has 5 heteroatoms. The van der Waals surface area contributed by atoms with Crippen LogP contribution in [-0.2, 0) is 0 Å². The number of methoxy groups -OCH3 is 2. The summed E-state index contributed by atoms with van der Waals surface area (Å²) in [5, 5.41) is 8.87. The summed E-state index contributed by atoms with van der Waals surface area (Å²) in [4.78, 5) is 22.2. The van der Waals surface area contributed by atoms with Crippen molar-refractivity contribution in [1.29, 1.82) is 0 Å². The van der Waals surface area contributed by atoms with E-state index in [1.165, 1.54) is 33.3 Å². The number of carbonyl (C=O) groups is 2. The average Bonchev–Trinajstić information content (AvgIpc) is 2.26. The van der Waals surface area contributed by atoms with Gasteiger partial charge in [-0.15, -0.1) is 0 Å². The first-order valence-electron chi connectivity index (χ1n) is 4.51. The van der Waals surface area contributed by atoms with E-state index in [1.807, 2.05) is 0 Å². The second-order valence-corrected chi connectivity index (χ2v) is 3.12. The monoisotopic (exact) mass is 224 g/mol. The molecule has 0 aliphatic rings. The number of aromatic carboxylic acids is 1. The number of ether oxygens (including phenoxy) is 2. The largest absolute Gasteiger partial charge is 0.493 e. The van der Waals surface area contributed by atoms with Gasteiger partial charge in [-0.05, 0) is 19.1 Å². The first-order valence-corrected chi connectivity index (χ1v) is 4.51. The summed E-state index contributed by atoms with van der Waals surface area (Å²) in [5.74, 6) is -0.922. The Bertz CT molecular complexity index is 436. The molecule has 0 radical (unpaired) electrons. The van der Waals surface area contributed by atoms with Gasteiger partial charge in [0.25, 0.3) is 0 Å². The van der Waals surface area contributed by atoms with E-state index in [9.17, 15) is 9.59 Å². The van der Waals surface area contributed by atoms with Gasteiger partial charge in [0.2, 0.25) is 0 Å². The van der Waals surface area contributed by atoms with Gasteiger partial charge in [0.05, 0.1) is 25.3 Å². The normalized spacial score (nSPS) is 9.69. The van der Waals surface area contributed by atoms with Crippen molar-refractivity contribution in [2.45, 2.75) is 6.92 Å². The van der Waals surface area contributed by atoms with E-state index in [1.54, 1.807) is 0 Å². The minimum atomic E-state index is -1.12. The van der Waals surface area contributed by atoms with Gasteiger partial charge in [0.15, 0.2) is 17.3 Å². The van der Waals surface area contributed by atoms with Crippen LogP contribution < -0.4 is 9.47 Å². The lowest BCUT2D eigenvalue weighted by molar-refractivity contribution is 0.0696. The van der Waals surface area contributed by atoms with E-state index >= 15 is 0 Å². The second kappa shape index (κ2) is 4.65. The molecule has 0 amide bonds. The van der Waals surface area contributed by atoms with E-state index in [2.05, 4.69) is 0 Å². The summed E-state index contributed by atoms with van der Waals surface area (Å²) >= 11 is 0. The van der Waals surface area contributed by atoms with Crippen LogP contribution in [0.3, 0.4) is 0 Å². The van der Waals surface area contributed by atoms with Gasteiger partial charge in [0, 0.05) is 0 Å². The number of benzene rings is 1. The van der Waals surface area contributed by atoms with Crippen LogP contribution in [0.5, 0.6) is 11.5 Å². The Balaban J connectivity index is 3.49. The van der Waals surface area contributed by atoms with Crippen LogP contribution in [0.15, 0.2) is 12.1 Å². The lowest BCUT2D eigenvalue weighted by Gasteiger charge is -2.11. The van der Waals surface area contributed by atoms with Gasteiger partial charge in [-0.3, -0.25) is 4.79 Å². The smallest absolute Gasteiger partial charge is 0.335 e.